The molecule has 2 N–H and O–H groups in total. The average molecular weight is 379 g/mol. The van der Waals surface area contributed by atoms with Gasteiger partial charge in [0.05, 0.1) is 5.56 Å². The molecule has 0 spiro atoms. The van der Waals surface area contributed by atoms with Crippen molar-refractivity contribution in [2.45, 2.75) is 13.8 Å². The quantitative estimate of drug-likeness (QED) is 0.641. The van der Waals surface area contributed by atoms with Gasteiger partial charge in [0, 0.05) is 0 Å². The fourth-order valence-corrected chi connectivity index (χ4v) is 5.12. The van der Waals surface area contributed by atoms with E-state index in [-0.39, 0.29) is 0 Å². The van der Waals surface area contributed by atoms with Gasteiger partial charge in [-0.25, -0.2) is 4.79 Å². The molecule has 0 aliphatic carbocycles. The monoisotopic (exact) mass is 379 g/mol. The number of benzene rings is 3. The van der Waals surface area contributed by atoms with Crippen molar-refractivity contribution >= 4 is 29.8 Å². The molecule has 4 heteroatoms. The van der Waals surface area contributed by atoms with Crippen molar-refractivity contribution in [3.63, 3.8) is 0 Å². The van der Waals surface area contributed by atoms with Gasteiger partial charge in [-0.2, -0.15) is 0 Å². The van der Waals surface area contributed by atoms with Crippen LogP contribution < -0.4 is 21.2 Å². The van der Waals surface area contributed by atoms with Crippen molar-refractivity contribution in [1.82, 2.24) is 5.32 Å². The molecule has 0 heterocycles. The third-order valence-electron chi connectivity index (χ3n) is 3.90. The number of rotatable bonds is 6. The predicted molar refractivity (Wildman–Crippen MR) is 116 cm³/mol. The Hall–Kier alpha value is -2.48. The second-order valence-corrected chi connectivity index (χ2v) is 7.97. The molecule has 0 unspecified atom stereocenters. The van der Waals surface area contributed by atoms with Gasteiger partial charge >= 0.3 is 5.97 Å². The molecule has 140 valence electrons. The zero-order valence-electron chi connectivity index (χ0n) is 15.8. The van der Waals surface area contributed by atoms with E-state index in [9.17, 15) is 9.90 Å². The number of hydrogen-bond donors (Lipinski definition) is 2. The van der Waals surface area contributed by atoms with E-state index in [1.165, 1.54) is 0 Å². The van der Waals surface area contributed by atoms with Crippen molar-refractivity contribution in [3.8, 4) is 0 Å². The van der Waals surface area contributed by atoms with Crippen LogP contribution in [0.3, 0.4) is 0 Å². The van der Waals surface area contributed by atoms with Crippen LogP contribution in [0.5, 0.6) is 0 Å². The number of hydrogen-bond acceptors (Lipinski definition) is 2. The van der Waals surface area contributed by atoms with Gasteiger partial charge in [-0.05, 0) is 43.0 Å². The van der Waals surface area contributed by atoms with Crippen LogP contribution >= 0.6 is 7.92 Å². The first-order valence-corrected chi connectivity index (χ1v) is 10.5. The minimum absolute atomic E-state index is 0.376. The fraction of sp³-hybridized carbons (Fsp3) is 0.174. The first-order valence-electron chi connectivity index (χ1n) is 9.12. The van der Waals surface area contributed by atoms with Gasteiger partial charge in [0.25, 0.3) is 0 Å². The van der Waals surface area contributed by atoms with E-state index in [0.717, 1.165) is 29.0 Å². The molecular formula is C23H26NO2P. The van der Waals surface area contributed by atoms with E-state index in [0.29, 0.717) is 5.56 Å². The van der Waals surface area contributed by atoms with Crippen LogP contribution in [0.2, 0.25) is 0 Å². The molecule has 3 aromatic carbocycles. The summed E-state index contributed by atoms with van der Waals surface area (Å²) in [6.07, 6.45) is 0. The van der Waals surface area contributed by atoms with Crippen molar-refractivity contribution in [3.05, 3.63) is 90.5 Å². The second-order valence-electron chi connectivity index (χ2n) is 5.79. The van der Waals surface area contributed by atoms with Crippen molar-refractivity contribution < 1.29 is 9.90 Å². The molecule has 0 fully saturated rings. The lowest BCUT2D eigenvalue weighted by molar-refractivity contribution is 0.0698. The van der Waals surface area contributed by atoms with E-state index >= 15 is 0 Å². The van der Waals surface area contributed by atoms with Crippen LogP contribution in [0.4, 0.5) is 0 Å². The highest BCUT2D eigenvalue weighted by Gasteiger charge is 2.21. The van der Waals surface area contributed by atoms with Crippen molar-refractivity contribution in [2.75, 3.05) is 13.1 Å². The normalized spacial score (nSPS) is 10.2. The SMILES string of the molecule is CCNCC.O=C(O)c1ccccc1P(c1ccccc1)c1ccccc1. The van der Waals surface area contributed by atoms with Crippen LogP contribution in [0, 0.1) is 0 Å². The van der Waals surface area contributed by atoms with Crippen LogP contribution in [0.25, 0.3) is 0 Å². The summed E-state index contributed by atoms with van der Waals surface area (Å²) in [7, 11) is -0.880. The molecule has 3 rings (SSSR count). The van der Waals surface area contributed by atoms with E-state index in [1.54, 1.807) is 12.1 Å². The number of carboxylic acids is 1. The van der Waals surface area contributed by atoms with Crippen molar-refractivity contribution in [1.29, 1.82) is 0 Å². The average Bonchev–Trinajstić information content (AvgIpc) is 2.71. The smallest absolute Gasteiger partial charge is 0.336 e. The molecule has 0 amide bonds. The summed E-state index contributed by atoms with van der Waals surface area (Å²) < 4.78 is 0. The standard InChI is InChI=1S/C19H15O2P.C4H11N/c20-19(21)17-13-7-8-14-18(17)22(15-9-3-1-4-10-15)16-11-5-2-6-12-16;1-3-5-4-2/h1-14H,(H,20,21);5H,3-4H2,1-2H3. The summed E-state index contributed by atoms with van der Waals surface area (Å²) in [5, 5.41) is 15.8. The van der Waals surface area contributed by atoms with E-state index in [1.807, 2.05) is 48.5 Å². The van der Waals surface area contributed by atoms with Gasteiger partial charge < -0.3 is 10.4 Å². The summed E-state index contributed by atoms with van der Waals surface area (Å²) >= 11 is 0. The molecule has 3 nitrogen and oxygen atoms in total. The van der Waals surface area contributed by atoms with Gasteiger partial charge in [0.15, 0.2) is 0 Å². The zero-order valence-corrected chi connectivity index (χ0v) is 16.7. The Kier molecular flexibility index (Phi) is 8.70. The minimum Gasteiger partial charge on any atom is -0.478 e. The van der Waals surface area contributed by atoms with Gasteiger partial charge in [0.1, 0.15) is 0 Å². The van der Waals surface area contributed by atoms with Crippen LogP contribution in [0.15, 0.2) is 84.9 Å². The molecule has 0 aliphatic heterocycles. The lowest BCUT2D eigenvalue weighted by atomic mass is 10.2. The summed E-state index contributed by atoms with van der Waals surface area (Å²) in [5.74, 6) is -0.880. The maximum atomic E-state index is 11.6. The Balaban J connectivity index is 0.000000465. The van der Waals surface area contributed by atoms with Crippen LogP contribution in [-0.2, 0) is 0 Å². The van der Waals surface area contributed by atoms with Crippen molar-refractivity contribution in [2.24, 2.45) is 0 Å². The Morgan fingerprint density at radius 2 is 1.22 bits per heavy atom. The van der Waals surface area contributed by atoms with E-state index in [2.05, 4.69) is 43.4 Å². The summed E-state index contributed by atoms with van der Waals surface area (Å²) in [6.45, 7) is 6.39. The number of carboxylic acid groups (broad SMARTS) is 1. The second kappa shape index (κ2) is 11.3. The molecule has 0 atom stereocenters. The third kappa shape index (κ3) is 6.02. The molecule has 0 saturated carbocycles. The Morgan fingerprint density at radius 1 is 0.778 bits per heavy atom. The first-order chi connectivity index (χ1) is 13.2. The maximum Gasteiger partial charge on any atom is 0.336 e. The third-order valence-corrected chi connectivity index (χ3v) is 6.41. The van der Waals surface area contributed by atoms with Crippen LogP contribution in [0.1, 0.15) is 24.2 Å². The van der Waals surface area contributed by atoms with E-state index in [4.69, 9.17) is 0 Å². The van der Waals surface area contributed by atoms with Gasteiger partial charge in [-0.1, -0.05) is 92.7 Å². The summed E-state index contributed by atoms with van der Waals surface area (Å²) in [4.78, 5) is 11.6. The molecule has 3 aromatic rings. The molecule has 0 bridgehead atoms. The highest BCUT2D eigenvalue weighted by molar-refractivity contribution is 7.80. The molecule has 0 aliphatic rings. The summed E-state index contributed by atoms with van der Waals surface area (Å²) in [5.41, 5.74) is 0.376. The highest BCUT2D eigenvalue weighted by atomic mass is 31.1. The van der Waals surface area contributed by atoms with Gasteiger partial charge in [-0.3, -0.25) is 0 Å². The largest absolute Gasteiger partial charge is 0.478 e. The number of nitrogens with one attached hydrogen (secondary N) is 1. The Bertz CT molecular complexity index is 781. The molecule has 0 radical (unpaired) electrons. The Morgan fingerprint density at radius 3 is 1.63 bits per heavy atom. The van der Waals surface area contributed by atoms with Gasteiger partial charge in [0.2, 0.25) is 0 Å². The molecule has 27 heavy (non-hydrogen) atoms. The summed E-state index contributed by atoms with van der Waals surface area (Å²) in [6, 6.07) is 27.5. The molecular weight excluding hydrogens is 353 g/mol. The first kappa shape index (κ1) is 20.8. The van der Waals surface area contributed by atoms with Crippen LogP contribution in [-0.4, -0.2) is 24.2 Å². The lowest BCUT2D eigenvalue weighted by Crippen LogP contribution is -2.24. The topological polar surface area (TPSA) is 49.3 Å². The number of aromatic carboxylic acids is 1. The highest BCUT2D eigenvalue weighted by Crippen LogP contribution is 2.33. The molecule has 0 saturated heterocycles. The Labute approximate surface area is 162 Å². The maximum absolute atomic E-state index is 11.6. The predicted octanol–water partition coefficient (Wildman–Crippen LogP) is 3.76. The fourth-order valence-electron chi connectivity index (χ4n) is 2.68. The molecule has 0 aromatic heterocycles. The zero-order chi connectivity index (χ0) is 19.5. The van der Waals surface area contributed by atoms with E-state index < -0.39 is 13.9 Å². The number of carbonyl (C=O) groups is 1. The van der Waals surface area contributed by atoms with Gasteiger partial charge in [-0.15, -0.1) is 0 Å². The minimum atomic E-state index is -0.880. The lowest BCUT2D eigenvalue weighted by Gasteiger charge is -2.20.